The number of nitrogens with zero attached hydrogens (tertiary/aromatic N) is 5. The van der Waals surface area contributed by atoms with Crippen molar-refractivity contribution in [3.8, 4) is 22.9 Å². The number of benzene rings is 1. The second kappa shape index (κ2) is 9.50. The predicted molar refractivity (Wildman–Crippen MR) is 133 cm³/mol. The number of pyridine rings is 2. The van der Waals surface area contributed by atoms with Crippen molar-refractivity contribution in [2.24, 2.45) is 7.05 Å². The van der Waals surface area contributed by atoms with E-state index in [1.165, 1.54) is 6.07 Å². The summed E-state index contributed by atoms with van der Waals surface area (Å²) in [5.41, 5.74) is 4.32. The maximum atomic E-state index is 14.7. The zero-order valence-corrected chi connectivity index (χ0v) is 20.4. The van der Waals surface area contributed by atoms with Crippen LogP contribution >= 0.6 is 0 Å². The number of likely N-dealkylation sites (N-methyl/N-ethyl adjacent to an activating group) is 1. The van der Waals surface area contributed by atoms with Crippen molar-refractivity contribution in [3.63, 3.8) is 0 Å². The van der Waals surface area contributed by atoms with E-state index in [0.29, 0.717) is 43.4 Å². The van der Waals surface area contributed by atoms with Crippen LogP contribution in [-0.4, -0.2) is 58.5 Å². The molecule has 1 aliphatic heterocycles. The number of rotatable bonds is 8. The number of hydrogen-bond donors (Lipinski definition) is 1. The predicted octanol–water partition coefficient (Wildman–Crippen LogP) is 3.97. The summed E-state index contributed by atoms with van der Waals surface area (Å²) in [6.45, 7) is 4.15. The molecule has 0 aliphatic carbocycles. The number of fused-ring (bicyclic) bond motifs is 2. The molecule has 0 saturated heterocycles. The highest BCUT2D eigenvalue weighted by atomic mass is 19.1. The minimum Gasteiger partial charge on any atom is -0.493 e. The van der Waals surface area contributed by atoms with Gasteiger partial charge in [-0.25, -0.2) is 14.4 Å². The Balaban J connectivity index is 1.52. The van der Waals surface area contributed by atoms with E-state index in [0.717, 1.165) is 45.6 Å². The summed E-state index contributed by atoms with van der Waals surface area (Å²) in [5.74, 6) is 1.68. The van der Waals surface area contributed by atoms with Gasteiger partial charge < -0.3 is 19.7 Å². The van der Waals surface area contributed by atoms with Gasteiger partial charge in [0.1, 0.15) is 24.0 Å². The summed E-state index contributed by atoms with van der Waals surface area (Å²) in [6.07, 6.45) is 4.28. The lowest BCUT2D eigenvalue weighted by Crippen LogP contribution is -2.19. The summed E-state index contributed by atoms with van der Waals surface area (Å²) < 4.78 is 28.0. The van der Waals surface area contributed by atoms with Gasteiger partial charge in [0.2, 0.25) is 5.88 Å². The Hall–Kier alpha value is -3.72. The Labute approximate surface area is 203 Å². The van der Waals surface area contributed by atoms with E-state index in [-0.39, 0.29) is 5.82 Å². The normalized spacial score (nSPS) is 12.7. The summed E-state index contributed by atoms with van der Waals surface area (Å²) in [7, 11) is 5.91. The Kier molecular flexibility index (Phi) is 6.25. The van der Waals surface area contributed by atoms with E-state index < -0.39 is 0 Å². The lowest BCUT2D eigenvalue weighted by Gasteiger charge is -2.15. The van der Waals surface area contributed by atoms with Gasteiger partial charge in [-0.2, -0.15) is 5.10 Å². The van der Waals surface area contributed by atoms with E-state index >= 15 is 0 Å². The zero-order chi connectivity index (χ0) is 24.5. The molecule has 0 atom stereocenters. The molecule has 1 aromatic carbocycles. The van der Waals surface area contributed by atoms with E-state index in [4.69, 9.17) is 14.5 Å². The maximum Gasteiger partial charge on any atom is 0.213 e. The minimum absolute atomic E-state index is 0.247. The first-order valence-corrected chi connectivity index (χ1v) is 11.6. The molecule has 4 heterocycles. The first kappa shape index (κ1) is 23.0. The molecule has 182 valence electrons. The lowest BCUT2D eigenvalue weighted by atomic mass is 10.0. The first-order valence-electron chi connectivity index (χ1n) is 11.6. The standard InChI is InChI=1S/C26H29FN6O2/c1-16-11-23(33(4)31-16)20-14-30-26(21-15-28-25(12-18(20)21)35-10-8-32(2)3)29-13-19-17-7-9-34-24(17)6-5-22(19)27/h5-6,11-12,14-15H,7-10,13H2,1-4H3,(H,29,30). The zero-order valence-electron chi connectivity index (χ0n) is 20.4. The molecular formula is C26H29FN6O2. The fourth-order valence-corrected chi connectivity index (χ4v) is 4.41. The molecule has 0 fully saturated rings. The fraction of sp³-hybridized carbons (Fsp3) is 0.346. The topological polar surface area (TPSA) is 77.3 Å². The lowest BCUT2D eigenvalue weighted by molar-refractivity contribution is 0.254. The first-order chi connectivity index (χ1) is 16.9. The number of ether oxygens (including phenoxy) is 2. The quantitative estimate of drug-likeness (QED) is 0.412. The van der Waals surface area contributed by atoms with Gasteiger partial charge in [0, 0.05) is 72.5 Å². The Morgan fingerprint density at radius 2 is 2.03 bits per heavy atom. The van der Waals surface area contributed by atoms with E-state index in [2.05, 4.69) is 20.3 Å². The molecule has 0 saturated carbocycles. The van der Waals surface area contributed by atoms with Crippen LogP contribution < -0.4 is 14.8 Å². The molecule has 0 unspecified atom stereocenters. The number of aryl methyl sites for hydroxylation is 2. The molecule has 1 N–H and O–H groups in total. The summed E-state index contributed by atoms with van der Waals surface area (Å²) in [5, 5.41) is 9.59. The number of aromatic nitrogens is 4. The van der Waals surface area contributed by atoms with Gasteiger partial charge in [0.05, 0.1) is 18.0 Å². The van der Waals surface area contributed by atoms with Gasteiger partial charge in [0.15, 0.2) is 0 Å². The number of halogens is 1. The van der Waals surface area contributed by atoms with Crippen molar-refractivity contribution >= 4 is 16.6 Å². The van der Waals surface area contributed by atoms with Crippen molar-refractivity contribution in [1.82, 2.24) is 24.6 Å². The molecular weight excluding hydrogens is 447 g/mol. The molecule has 9 heteroatoms. The van der Waals surface area contributed by atoms with Crippen LogP contribution in [0.5, 0.6) is 11.6 Å². The van der Waals surface area contributed by atoms with Crippen LogP contribution in [0.15, 0.2) is 36.7 Å². The van der Waals surface area contributed by atoms with Crippen LogP contribution in [0.25, 0.3) is 22.0 Å². The molecule has 0 amide bonds. The van der Waals surface area contributed by atoms with Crippen LogP contribution in [0.2, 0.25) is 0 Å². The third-order valence-corrected chi connectivity index (χ3v) is 6.19. The molecule has 5 rings (SSSR count). The largest absolute Gasteiger partial charge is 0.493 e. The monoisotopic (exact) mass is 476 g/mol. The van der Waals surface area contributed by atoms with E-state index in [9.17, 15) is 4.39 Å². The van der Waals surface area contributed by atoms with Crippen LogP contribution in [-0.2, 0) is 20.0 Å². The third kappa shape index (κ3) is 4.64. The molecule has 35 heavy (non-hydrogen) atoms. The molecule has 8 nitrogen and oxygen atoms in total. The van der Waals surface area contributed by atoms with Gasteiger partial charge in [-0.1, -0.05) is 0 Å². The SMILES string of the molecule is Cc1cc(-c2cnc(NCc3c(F)ccc4c3CCO4)c3cnc(OCCN(C)C)cc23)n(C)n1. The second-order valence-corrected chi connectivity index (χ2v) is 8.99. The summed E-state index contributed by atoms with van der Waals surface area (Å²) in [4.78, 5) is 11.3. The van der Waals surface area contributed by atoms with Gasteiger partial charge >= 0.3 is 0 Å². The number of anilines is 1. The van der Waals surface area contributed by atoms with Crippen LogP contribution in [0.4, 0.5) is 10.2 Å². The minimum atomic E-state index is -0.247. The highest BCUT2D eigenvalue weighted by molar-refractivity contribution is 6.01. The van der Waals surface area contributed by atoms with E-state index in [1.807, 2.05) is 51.1 Å². The molecule has 0 bridgehead atoms. The van der Waals surface area contributed by atoms with Crippen molar-refractivity contribution in [2.75, 3.05) is 39.2 Å². The summed E-state index contributed by atoms with van der Waals surface area (Å²) >= 11 is 0. The maximum absolute atomic E-state index is 14.7. The fourth-order valence-electron chi connectivity index (χ4n) is 4.41. The molecule has 1 aliphatic rings. The van der Waals surface area contributed by atoms with Crippen LogP contribution in [0.3, 0.4) is 0 Å². The number of nitrogens with one attached hydrogen (secondary N) is 1. The highest BCUT2D eigenvalue weighted by Gasteiger charge is 2.20. The smallest absolute Gasteiger partial charge is 0.213 e. The second-order valence-electron chi connectivity index (χ2n) is 8.99. The van der Waals surface area contributed by atoms with Crippen molar-refractivity contribution in [2.45, 2.75) is 19.9 Å². The van der Waals surface area contributed by atoms with Crippen molar-refractivity contribution < 1.29 is 13.9 Å². The molecule has 3 aromatic heterocycles. The summed E-state index contributed by atoms with van der Waals surface area (Å²) in [6, 6.07) is 7.12. The van der Waals surface area contributed by atoms with Gasteiger partial charge in [0.25, 0.3) is 0 Å². The Bertz CT molecular complexity index is 1380. The molecule has 0 radical (unpaired) electrons. The Morgan fingerprint density at radius 3 is 2.80 bits per heavy atom. The van der Waals surface area contributed by atoms with Crippen molar-refractivity contribution in [3.05, 3.63) is 59.3 Å². The molecule has 4 aromatic rings. The van der Waals surface area contributed by atoms with Gasteiger partial charge in [-0.15, -0.1) is 0 Å². The Morgan fingerprint density at radius 1 is 1.17 bits per heavy atom. The average molecular weight is 477 g/mol. The average Bonchev–Trinajstić information content (AvgIpc) is 3.43. The van der Waals surface area contributed by atoms with Gasteiger partial charge in [-0.05, 0) is 39.2 Å². The highest BCUT2D eigenvalue weighted by Crippen LogP contribution is 2.35. The van der Waals surface area contributed by atoms with E-state index in [1.54, 1.807) is 12.3 Å². The third-order valence-electron chi connectivity index (χ3n) is 6.19. The van der Waals surface area contributed by atoms with Crippen molar-refractivity contribution in [1.29, 1.82) is 0 Å². The molecule has 0 spiro atoms. The van der Waals surface area contributed by atoms with Gasteiger partial charge in [-0.3, -0.25) is 4.68 Å². The van der Waals surface area contributed by atoms with Crippen LogP contribution in [0.1, 0.15) is 16.8 Å². The number of hydrogen-bond acceptors (Lipinski definition) is 7. The van der Waals surface area contributed by atoms with Crippen LogP contribution in [0, 0.1) is 12.7 Å².